The summed E-state index contributed by atoms with van der Waals surface area (Å²) in [6.45, 7) is 3.75. The zero-order valence-corrected chi connectivity index (χ0v) is 11.3. The van der Waals surface area contributed by atoms with Gasteiger partial charge >= 0.3 is 0 Å². The lowest BCUT2D eigenvalue weighted by molar-refractivity contribution is 0.602. The van der Waals surface area contributed by atoms with Crippen LogP contribution in [-0.2, 0) is 9.84 Å². The molecule has 1 aromatic rings. The normalized spacial score (nSPS) is 22.6. The highest BCUT2D eigenvalue weighted by Gasteiger charge is 2.28. The fraction of sp³-hybridized carbons (Fsp3) is 0.600. The number of nitrogens with one attached hydrogen (secondary N) is 1. The van der Waals surface area contributed by atoms with E-state index in [9.17, 15) is 8.42 Å². The first kappa shape index (κ1) is 12.6. The van der Waals surface area contributed by atoms with Crippen LogP contribution in [0.5, 0.6) is 0 Å². The van der Waals surface area contributed by atoms with Gasteiger partial charge in [-0.05, 0) is 31.4 Å². The third kappa shape index (κ3) is 2.69. The summed E-state index contributed by atoms with van der Waals surface area (Å²) in [5.74, 6) is 1.02. The zero-order valence-electron chi connectivity index (χ0n) is 9.70. The first-order valence-corrected chi connectivity index (χ1v) is 7.55. The second kappa shape index (κ2) is 4.42. The molecule has 17 heavy (non-hydrogen) atoms. The van der Waals surface area contributed by atoms with Crippen molar-refractivity contribution in [2.45, 2.75) is 26.3 Å². The number of nitrogens with zero attached hydrogens (tertiary/aromatic N) is 2. The van der Waals surface area contributed by atoms with Crippen molar-refractivity contribution in [1.29, 1.82) is 0 Å². The second-order valence-electron chi connectivity index (χ2n) is 4.33. The van der Waals surface area contributed by atoms with E-state index in [0.717, 1.165) is 11.1 Å². The van der Waals surface area contributed by atoms with Crippen molar-refractivity contribution < 1.29 is 8.42 Å². The van der Waals surface area contributed by atoms with Crippen LogP contribution >= 0.6 is 11.6 Å². The van der Waals surface area contributed by atoms with E-state index < -0.39 is 9.84 Å². The minimum atomic E-state index is -2.88. The fourth-order valence-corrected chi connectivity index (χ4v) is 3.67. The Hall–Kier alpha value is -0.880. The Bertz CT molecular complexity index is 545. The summed E-state index contributed by atoms with van der Waals surface area (Å²) in [5.41, 5.74) is 1.78. The Kier molecular flexibility index (Phi) is 3.27. The molecule has 7 heteroatoms. The number of hydrogen-bond donors (Lipinski definition) is 1. The predicted octanol–water partition coefficient (Wildman–Crippen LogP) is 1.35. The summed E-state index contributed by atoms with van der Waals surface area (Å²) >= 11 is 5.85. The maximum atomic E-state index is 11.3. The lowest BCUT2D eigenvalue weighted by Gasteiger charge is -2.14. The molecule has 1 aromatic heterocycles. The molecule has 1 fully saturated rings. The minimum absolute atomic E-state index is 0.0754. The number of sulfone groups is 1. The molecule has 0 saturated carbocycles. The quantitative estimate of drug-likeness (QED) is 0.882. The molecule has 5 nitrogen and oxygen atoms in total. The van der Waals surface area contributed by atoms with Crippen LogP contribution < -0.4 is 5.32 Å². The predicted molar refractivity (Wildman–Crippen MR) is 67.2 cm³/mol. The van der Waals surface area contributed by atoms with Gasteiger partial charge in [0.1, 0.15) is 0 Å². The first-order valence-electron chi connectivity index (χ1n) is 5.35. The van der Waals surface area contributed by atoms with E-state index in [0.29, 0.717) is 17.4 Å². The number of rotatable bonds is 2. The van der Waals surface area contributed by atoms with Gasteiger partial charge in [0, 0.05) is 6.04 Å². The molecule has 0 amide bonds. The van der Waals surface area contributed by atoms with Crippen LogP contribution in [0.15, 0.2) is 0 Å². The monoisotopic (exact) mass is 275 g/mol. The van der Waals surface area contributed by atoms with Crippen molar-refractivity contribution in [3.8, 4) is 0 Å². The van der Waals surface area contributed by atoms with Gasteiger partial charge in [-0.2, -0.15) is 0 Å². The maximum Gasteiger partial charge on any atom is 0.155 e. The Morgan fingerprint density at radius 2 is 2.00 bits per heavy atom. The van der Waals surface area contributed by atoms with Gasteiger partial charge in [0.2, 0.25) is 0 Å². The molecule has 1 atom stereocenters. The Balaban J connectivity index is 2.18. The average molecular weight is 276 g/mol. The Morgan fingerprint density at radius 1 is 1.29 bits per heavy atom. The van der Waals surface area contributed by atoms with Gasteiger partial charge < -0.3 is 5.32 Å². The molecular weight excluding hydrogens is 262 g/mol. The number of anilines is 1. The van der Waals surface area contributed by atoms with Crippen molar-refractivity contribution in [1.82, 2.24) is 10.2 Å². The van der Waals surface area contributed by atoms with Crippen molar-refractivity contribution in [3.05, 3.63) is 16.3 Å². The van der Waals surface area contributed by atoms with Gasteiger partial charge in [0.05, 0.1) is 11.5 Å². The molecule has 0 radical (unpaired) electrons. The van der Waals surface area contributed by atoms with E-state index in [1.807, 2.05) is 13.8 Å². The lowest BCUT2D eigenvalue weighted by Crippen LogP contribution is -2.22. The standard InChI is InChI=1S/C10H14ClN3O2S/c1-6-7(2)10(14-13-9(6)11)12-8-3-4-17(15,16)5-8/h8H,3-5H2,1-2H3,(H,12,14). The van der Waals surface area contributed by atoms with Crippen molar-refractivity contribution >= 4 is 27.3 Å². The highest BCUT2D eigenvalue weighted by molar-refractivity contribution is 7.91. The minimum Gasteiger partial charge on any atom is -0.365 e. The summed E-state index contributed by atoms with van der Waals surface area (Å²) < 4.78 is 22.7. The van der Waals surface area contributed by atoms with Crippen molar-refractivity contribution in [2.75, 3.05) is 16.8 Å². The van der Waals surface area contributed by atoms with Crippen LogP contribution in [0.1, 0.15) is 17.5 Å². The second-order valence-corrected chi connectivity index (χ2v) is 6.92. The van der Waals surface area contributed by atoms with Gasteiger partial charge in [0.15, 0.2) is 20.8 Å². The third-order valence-corrected chi connectivity index (χ3v) is 5.17. The molecule has 1 N–H and O–H groups in total. The van der Waals surface area contributed by atoms with Gasteiger partial charge in [-0.3, -0.25) is 0 Å². The van der Waals surface area contributed by atoms with Gasteiger partial charge in [-0.25, -0.2) is 8.42 Å². The average Bonchev–Trinajstić information content (AvgIpc) is 2.59. The molecule has 0 aliphatic carbocycles. The highest BCUT2D eigenvalue weighted by atomic mass is 35.5. The highest BCUT2D eigenvalue weighted by Crippen LogP contribution is 2.23. The molecule has 0 bridgehead atoms. The Labute approximate surface area is 106 Å². The summed E-state index contributed by atoms with van der Waals surface area (Å²) in [6.07, 6.45) is 0.616. The number of halogens is 1. The largest absolute Gasteiger partial charge is 0.365 e. The summed E-state index contributed by atoms with van der Waals surface area (Å²) in [7, 11) is -2.88. The van der Waals surface area contributed by atoms with Crippen LogP contribution in [0.4, 0.5) is 5.82 Å². The SMILES string of the molecule is Cc1c(Cl)nnc(NC2CCS(=O)(=O)C2)c1C. The van der Waals surface area contributed by atoms with Crippen molar-refractivity contribution in [3.63, 3.8) is 0 Å². The van der Waals surface area contributed by atoms with Gasteiger partial charge in [-0.15, -0.1) is 10.2 Å². The Morgan fingerprint density at radius 3 is 2.59 bits per heavy atom. The van der Waals surface area contributed by atoms with Crippen LogP contribution in [0.3, 0.4) is 0 Å². The third-order valence-electron chi connectivity index (χ3n) is 3.04. The van der Waals surface area contributed by atoms with E-state index >= 15 is 0 Å². The van der Waals surface area contributed by atoms with E-state index in [1.54, 1.807) is 0 Å². The molecule has 2 heterocycles. The molecule has 2 rings (SSSR count). The molecular formula is C10H14ClN3O2S. The summed E-state index contributed by atoms with van der Waals surface area (Å²) in [5, 5.41) is 11.3. The van der Waals surface area contributed by atoms with Crippen LogP contribution in [0.25, 0.3) is 0 Å². The number of hydrogen-bond acceptors (Lipinski definition) is 5. The van der Waals surface area contributed by atoms with Crippen LogP contribution in [-0.4, -0.2) is 36.2 Å². The molecule has 1 aliphatic heterocycles. The topological polar surface area (TPSA) is 72.0 Å². The van der Waals surface area contributed by atoms with Crippen molar-refractivity contribution in [2.24, 2.45) is 0 Å². The lowest BCUT2D eigenvalue weighted by atomic mass is 10.2. The van der Waals surface area contributed by atoms with E-state index in [-0.39, 0.29) is 17.5 Å². The van der Waals surface area contributed by atoms with Gasteiger partial charge in [-0.1, -0.05) is 11.6 Å². The fourth-order valence-electron chi connectivity index (χ4n) is 1.82. The van der Waals surface area contributed by atoms with Gasteiger partial charge in [0.25, 0.3) is 0 Å². The molecule has 0 spiro atoms. The maximum absolute atomic E-state index is 11.3. The zero-order chi connectivity index (χ0) is 12.6. The smallest absolute Gasteiger partial charge is 0.155 e. The molecule has 1 saturated heterocycles. The first-order chi connectivity index (χ1) is 7.89. The molecule has 1 aliphatic rings. The van der Waals surface area contributed by atoms with E-state index in [2.05, 4.69) is 15.5 Å². The molecule has 1 unspecified atom stereocenters. The number of aromatic nitrogens is 2. The molecule has 94 valence electrons. The van der Waals surface area contributed by atoms with Crippen LogP contribution in [0, 0.1) is 13.8 Å². The molecule has 0 aromatic carbocycles. The van der Waals surface area contributed by atoms with E-state index in [1.165, 1.54) is 0 Å². The summed E-state index contributed by atoms with van der Waals surface area (Å²) in [6, 6.07) is -0.0754. The summed E-state index contributed by atoms with van der Waals surface area (Å²) in [4.78, 5) is 0. The van der Waals surface area contributed by atoms with E-state index in [4.69, 9.17) is 11.6 Å². The van der Waals surface area contributed by atoms with Crippen LogP contribution in [0.2, 0.25) is 5.15 Å².